The van der Waals surface area contributed by atoms with E-state index in [1.165, 1.54) is 0 Å². The van der Waals surface area contributed by atoms with E-state index in [0.29, 0.717) is 12.2 Å². The summed E-state index contributed by atoms with van der Waals surface area (Å²) in [6.45, 7) is 2.58. The second kappa shape index (κ2) is 6.39. The number of carbonyl (C=O) groups is 1. The van der Waals surface area contributed by atoms with Crippen LogP contribution in [-0.4, -0.2) is 23.5 Å². The summed E-state index contributed by atoms with van der Waals surface area (Å²) in [5, 5.41) is 5.02. The third-order valence-corrected chi connectivity index (χ3v) is 1.69. The number of nitrogens with zero attached hydrogens (tertiary/aromatic N) is 2. The van der Waals surface area contributed by atoms with Gasteiger partial charge in [-0.1, -0.05) is 6.92 Å². The molecule has 86 valence electrons. The number of aromatic nitrogens is 1. The number of rotatable bonds is 3. The molecule has 6 nitrogen and oxygen atoms in total. The predicted molar refractivity (Wildman–Crippen MR) is 63.2 cm³/mol. The fraction of sp³-hybridized carbons (Fsp3) is 0.300. The van der Waals surface area contributed by atoms with E-state index < -0.39 is 6.03 Å². The summed E-state index contributed by atoms with van der Waals surface area (Å²) in [5.41, 5.74) is 6.13. The zero-order valence-corrected chi connectivity index (χ0v) is 9.10. The molecule has 4 N–H and O–H groups in total. The first-order valence-electron chi connectivity index (χ1n) is 5.00. The summed E-state index contributed by atoms with van der Waals surface area (Å²) in [6.07, 6.45) is 4.06. The molecule has 16 heavy (non-hydrogen) atoms. The fourth-order valence-corrected chi connectivity index (χ4v) is 0.986. The number of hydrogen-bond acceptors (Lipinski definition) is 3. The van der Waals surface area contributed by atoms with E-state index in [2.05, 4.69) is 20.6 Å². The number of urea groups is 1. The van der Waals surface area contributed by atoms with Crippen LogP contribution >= 0.6 is 0 Å². The van der Waals surface area contributed by atoms with Gasteiger partial charge in [-0.15, -0.1) is 0 Å². The van der Waals surface area contributed by atoms with Crippen LogP contribution < -0.4 is 16.4 Å². The van der Waals surface area contributed by atoms with Crippen LogP contribution in [0, 0.1) is 0 Å². The molecule has 6 heteroatoms. The SMILES string of the molecule is CCCN=C(N)NC(=O)Nc1ccncc1. The Morgan fingerprint density at radius 1 is 1.50 bits per heavy atom. The van der Waals surface area contributed by atoms with E-state index >= 15 is 0 Å². The van der Waals surface area contributed by atoms with Crippen LogP contribution in [0.1, 0.15) is 13.3 Å². The van der Waals surface area contributed by atoms with Crippen molar-refractivity contribution in [1.29, 1.82) is 0 Å². The summed E-state index contributed by atoms with van der Waals surface area (Å²) in [7, 11) is 0. The second-order valence-corrected chi connectivity index (χ2v) is 3.08. The van der Waals surface area contributed by atoms with E-state index in [0.717, 1.165) is 6.42 Å². The van der Waals surface area contributed by atoms with Crippen LogP contribution in [0.2, 0.25) is 0 Å². The lowest BCUT2D eigenvalue weighted by atomic mass is 10.4. The molecule has 2 amide bonds. The third kappa shape index (κ3) is 4.41. The van der Waals surface area contributed by atoms with Gasteiger partial charge >= 0.3 is 6.03 Å². The smallest absolute Gasteiger partial charge is 0.325 e. The average Bonchev–Trinajstić information content (AvgIpc) is 2.27. The van der Waals surface area contributed by atoms with Gasteiger partial charge in [0, 0.05) is 24.6 Å². The molecule has 1 heterocycles. The van der Waals surface area contributed by atoms with E-state index in [9.17, 15) is 4.79 Å². The number of nitrogens with one attached hydrogen (secondary N) is 2. The highest BCUT2D eigenvalue weighted by Gasteiger charge is 2.01. The predicted octanol–water partition coefficient (Wildman–Crippen LogP) is 0.928. The minimum absolute atomic E-state index is 0.119. The summed E-state index contributed by atoms with van der Waals surface area (Å²) in [6, 6.07) is 2.95. The quantitative estimate of drug-likeness (QED) is 0.523. The van der Waals surface area contributed by atoms with Gasteiger partial charge in [0.15, 0.2) is 5.96 Å². The van der Waals surface area contributed by atoms with E-state index in [1.807, 2.05) is 6.92 Å². The molecule has 0 aromatic carbocycles. The monoisotopic (exact) mass is 221 g/mol. The molecule has 1 rings (SSSR count). The number of hydrogen-bond donors (Lipinski definition) is 3. The Labute approximate surface area is 94.0 Å². The molecule has 0 radical (unpaired) electrons. The van der Waals surface area contributed by atoms with Gasteiger partial charge in [-0.25, -0.2) is 4.79 Å². The maximum absolute atomic E-state index is 11.4. The van der Waals surface area contributed by atoms with Gasteiger partial charge in [0.2, 0.25) is 0 Å². The van der Waals surface area contributed by atoms with Crippen LogP contribution in [0.25, 0.3) is 0 Å². The number of aliphatic imine (C=N–C) groups is 1. The molecule has 1 aromatic rings. The van der Waals surface area contributed by atoms with Gasteiger partial charge in [-0.05, 0) is 18.6 Å². The van der Waals surface area contributed by atoms with Gasteiger partial charge in [0.25, 0.3) is 0 Å². The standard InChI is InChI=1S/C10H15N5O/c1-2-5-13-9(11)15-10(16)14-8-3-6-12-7-4-8/h3-4,6-7H,2,5H2,1H3,(H4,11,12,13,14,15,16). The van der Waals surface area contributed by atoms with E-state index in [4.69, 9.17) is 5.73 Å². The Hall–Kier alpha value is -2.11. The molecule has 0 saturated carbocycles. The van der Waals surface area contributed by atoms with Crippen LogP contribution in [0.3, 0.4) is 0 Å². The fourth-order valence-electron chi connectivity index (χ4n) is 0.986. The largest absolute Gasteiger partial charge is 0.370 e. The molecule has 0 saturated heterocycles. The summed E-state index contributed by atoms with van der Waals surface area (Å²) >= 11 is 0. The molecule has 0 bridgehead atoms. The average molecular weight is 221 g/mol. The first kappa shape index (κ1) is 12.0. The third-order valence-electron chi connectivity index (χ3n) is 1.69. The first-order valence-corrected chi connectivity index (χ1v) is 5.00. The van der Waals surface area contributed by atoms with Crippen LogP contribution in [0.15, 0.2) is 29.5 Å². The number of nitrogens with two attached hydrogens (primary N) is 1. The van der Waals surface area contributed by atoms with Crippen molar-refractivity contribution in [2.75, 3.05) is 11.9 Å². The highest BCUT2D eigenvalue weighted by atomic mass is 16.2. The lowest BCUT2D eigenvalue weighted by Crippen LogP contribution is -2.39. The highest BCUT2D eigenvalue weighted by Crippen LogP contribution is 2.01. The van der Waals surface area contributed by atoms with Crippen molar-refractivity contribution in [3.05, 3.63) is 24.5 Å². The maximum atomic E-state index is 11.4. The van der Waals surface area contributed by atoms with Gasteiger partial charge in [-0.3, -0.25) is 15.3 Å². The molecule has 0 aliphatic carbocycles. The molecule has 0 spiro atoms. The minimum atomic E-state index is -0.413. The van der Waals surface area contributed by atoms with Crippen molar-refractivity contribution in [2.45, 2.75) is 13.3 Å². The Balaban J connectivity index is 2.42. The van der Waals surface area contributed by atoms with Crippen molar-refractivity contribution >= 4 is 17.7 Å². The topological polar surface area (TPSA) is 92.4 Å². The number of anilines is 1. The van der Waals surface area contributed by atoms with Crippen molar-refractivity contribution in [1.82, 2.24) is 10.3 Å². The minimum Gasteiger partial charge on any atom is -0.370 e. The number of guanidine groups is 1. The van der Waals surface area contributed by atoms with Gasteiger partial charge < -0.3 is 11.1 Å². The van der Waals surface area contributed by atoms with Crippen molar-refractivity contribution in [3.63, 3.8) is 0 Å². The van der Waals surface area contributed by atoms with E-state index in [1.54, 1.807) is 24.5 Å². The molecule has 1 aromatic heterocycles. The second-order valence-electron chi connectivity index (χ2n) is 3.08. The zero-order valence-electron chi connectivity index (χ0n) is 9.10. The van der Waals surface area contributed by atoms with Crippen molar-refractivity contribution in [3.8, 4) is 0 Å². The van der Waals surface area contributed by atoms with Gasteiger partial charge in [-0.2, -0.15) is 0 Å². The van der Waals surface area contributed by atoms with Crippen molar-refractivity contribution < 1.29 is 4.79 Å². The summed E-state index contributed by atoms with van der Waals surface area (Å²) < 4.78 is 0. The highest BCUT2D eigenvalue weighted by molar-refractivity contribution is 6.01. The summed E-state index contributed by atoms with van der Waals surface area (Å²) in [5.74, 6) is 0.119. The van der Waals surface area contributed by atoms with Gasteiger partial charge in [0.05, 0.1) is 0 Å². The van der Waals surface area contributed by atoms with E-state index in [-0.39, 0.29) is 5.96 Å². The zero-order chi connectivity index (χ0) is 11.8. The van der Waals surface area contributed by atoms with Crippen molar-refractivity contribution in [2.24, 2.45) is 10.7 Å². The molecular formula is C10H15N5O. The van der Waals surface area contributed by atoms with Crippen LogP contribution in [0.4, 0.5) is 10.5 Å². The number of amides is 2. The maximum Gasteiger partial charge on any atom is 0.325 e. The lowest BCUT2D eigenvalue weighted by molar-refractivity contribution is 0.256. The molecule has 0 unspecified atom stereocenters. The van der Waals surface area contributed by atoms with Crippen LogP contribution in [-0.2, 0) is 0 Å². The Bertz CT molecular complexity index is 363. The molecule has 0 fully saturated rings. The Kier molecular flexibility index (Phi) is 4.78. The van der Waals surface area contributed by atoms with Gasteiger partial charge in [0.1, 0.15) is 0 Å². The summed E-state index contributed by atoms with van der Waals surface area (Å²) in [4.78, 5) is 19.2. The normalized spacial score (nSPS) is 10.9. The number of carbonyl (C=O) groups excluding carboxylic acids is 1. The Morgan fingerprint density at radius 2 is 2.19 bits per heavy atom. The Morgan fingerprint density at radius 3 is 2.81 bits per heavy atom. The molecular weight excluding hydrogens is 206 g/mol. The molecule has 0 aliphatic heterocycles. The molecule has 0 aliphatic rings. The first-order chi connectivity index (χ1) is 7.72. The van der Waals surface area contributed by atoms with Crippen LogP contribution in [0.5, 0.6) is 0 Å². The molecule has 0 atom stereocenters. The number of pyridine rings is 1. The lowest BCUT2D eigenvalue weighted by Gasteiger charge is -2.06.